The maximum absolute atomic E-state index is 12.6. The van der Waals surface area contributed by atoms with Crippen LogP contribution in [0.3, 0.4) is 0 Å². The normalized spacial score (nSPS) is 11.0. The van der Waals surface area contributed by atoms with Gasteiger partial charge in [-0.25, -0.2) is 8.42 Å². The van der Waals surface area contributed by atoms with Crippen LogP contribution in [0, 0.1) is 6.92 Å². The average molecular weight is 401 g/mol. The standard InChI is InChI=1S/C20H17ClN2O3S/c1-14-16(20(24)22-19-12-6-5-11-17(19)21)10-7-13-18(14)23-27(25,26)15-8-3-2-4-9-15/h2-13,23H,1H3,(H,22,24). The third-order valence-electron chi connectivity index (χ3n) is 4.00. The van der Waals surface area contributed by atoms with Gasteiger partial charge in [0.05, 0.1) is 21.3 Å². The van der Waals surface area contributed by atoms with Crippen molar-refractivity contribution in [2.75, 3.05) is 10.0 Å². The molecule has 5 nitrogen and oxygen atoms in total. The van der Waals surface area contributed by atoms with Crippen molar-refractivity contribution in [3.05, 3.63) is 88.9 Å². The first-order valence-corrected chi connectivity index (χ1v) is 9.98. The maximum atomic E-state index is 12.6. The molecule has 0 bridgehead atoms. The minimum absolute atomic E-state index is 0.148. The van der Waals surface area contributed by atoms with Crippen LogP contribution in [0.2, 0.25) is 5.02 Å². The zero-order valence-corrected chi connectivity index (χ0v) is 16.0. The molecule has 138 valence electrons. The van der Waals surface area contributed by atoms with Crippen molar-refractivity contribution < 1.29 is 13.2 Å². The van der Waals surface area contributed by atoms with Gasteiger partial charge in [0.15, 0.2) is 0 Å². The molecular formula is C20H17ClN2O3S. The van der Waals surface area contributed by atoms with Gasteiger partial charge in [0.2, 0.25) is 0 Å². The molecule has 0 radical (unpaired) electrons. The number of para-hydroxylation sites is 1. The predicted octanol–water partition coefficient (Wildman–Crippen LogP) is 4.70. The Morgan fingerprint density at radius 2 is 1.48 bits per heavy atom. The van der Waals surface area contributed by atoms with E-state index in [1.165, 1.54) is 12.1 Å². The fourth-order valence-corrected chi connectivity index (χ4v) is 3.87. The van der Waals surface area contributed by atoms with Crippen LogP contribution in [0.25, 0.3) is 0 Å². The molecule has 3 rings (SSSR count). The Morgan fingerprint density at radius 3 is 2.19 bits per heavy atom. The van der Waals surface area contributed by atoms with E-state index in [0.29, 0.717) is 27.5 Å². The van der Waals surface area contributed by atoms with E-state index in [2.05, 4.69) is 10.0 Å². The van der Waals surface area contributed by atoms with E-state index in [4.69, 9.17) is 11.6 Å². The van der Waals surface area contributed by atoms with Crippen molar-refractivity contribution in [1.29, 1.82) is 0 Å². The number of carbonyl (C=O) groups excluding carboxylic acids is 1. The Morgan fingerprint density at radius 1 is 0.852 bits per heavy atom. The molecule has 0 aliphatic heterocycles. The second-order valence-electron chi connectivity index (χ2n) is 5.83. The molecule has 1 amide bonds. The number of benzene rings is 3. The molecular weight excluding hydrogens is 384 g/mol. The van der Waals surface area contributed by atoms with Crippen molar-refractivity contribution in [3.8, 4) is 0 Å². The summed E-state index contributed by atoms with van der Waals surface area (Å²) in [6, 6.07) is 19.8. The van der Waals surface area contributed by atoms with Crippen LogP contribution < -0.4 is 10.0 Å². The van der Waals surface area contributed by atoms with Gasteiger partial charge in [-0.2, -0.15) is 0 Å². The lowest BCUT2D eigenvalue weighted by Gasteiger charge is -2.14. The van der Waals surface area contributed by atoms with E-state index in [1.54, 1.807) is 67.6 Å². The fraction of sp³-hybridized carbons (Fsp3) is 0.0500. The number of hydrogen-bond donors (Lipinski definition) is 2. The van der Waals surface area contributed by atoms with Gasteiger partial charge < -0.3 is 5.32 Å². The van der Waals surface area contributed by atoms with Gasteiger partial charge >= 0.3 is 0 Å². The molecule has 3 aromatic rings. The SMILES string of the molecule is Cc1c(NS(=O)(=O)c2ccccc2)cccc1C(=O)Nc1ccccc1Cl. The van der Waals surface area contributed by atoms with Crippen molar-refractivity contribution in [1.82, 2.24) is 0 Å². The lowest BCUT2D eigenvalue weighted by molar-refractivity contribution is 0.102. The lowest BCUT2D eigenvalue weighted by Crippen LogP contribution is -2.17. The Kier molecular flexibility index (Phi) is 5.48. The van der Waals surface area contributed by atoms with Gasteiger partial charge in [-0.3, -0.25) is 9.52 Å². The largest absolute Gasteiger partial charge is 0.321 e. The molecule has 0 aliphatic carbocycles. The minimum atomic E-state index is -3.75. The van der Waals surface area contributed by atoms with Gasteiger partial charge in [0.1, 0.15) is 0 Å². The molecule has 0 fully saturated rings. The topological polar surface area (TPSA) is 75.3 Å². The van der Waals surface area contributed by atoms with E-state index < -0.39 is 10.0 Å². The summed E-state index contributed by atoms with van der Waals surface area (Å²) in [5.41, 5.74) is 1.69. The van der Waals surface area contributed by atoms with Crippen LogP contribution in [0.1, 0.15) is 15.9 Å². The first-order valence-electron chi connectivity index (χ1n) is 8.12. The summed E-state index contributed by atoms with van der Waals surface area (Å²) >= 11 is 6.08. The molecule has 3 aromatic carbocycles. The Labute approximate surface area is 163 Å². The van der Waals surface area contributed by atoms with Gasteiger partial charge in [-0.05, 0) is 48.9 Å². The average Bonchev–Trinajstić information content (AvgIpc) is 2.66. The zero-order valence-electron chi connectivity index (χ0n) is 14.4. The van der Waals surface area contributed by atoms with Crippen molar-refractivity contribution in [2.45, 2.75) is 11.8 Å². The summed E-state index contributed by atoms with van der Waals surface area (Å²) in [6.07, 6.45) is 0. The monoisotopic (exact) mass is 400 g/mol. The highest BCUT2D eigenvalue weighted by Crippen LogP contribution is 2.25. The van der Waals surface area contributed by atoms with Crippen LogP contribution in [0.4, 0.5) is 11.4 Å². The number of hydrogen-bond acceptors (Lipinski definition) is 3. The molecule has 0 unspecified atom stereocenters. The quantitative estimate of drug-likeness (QED) is 0.651. The number of rotatable bonds is 5. The van der Waals surface area contributed by atoms with Crippen molar-refractivity contribution in [3.63, 3.8) is 0 Å². The summed E-state index contributed by atoms with van der Waals surface area (Å²) in [7, 11) is -3.75. The highest BCUT2D eigenvalue weighted by atomic mass is 35.5. The van der Waals surface area contributed by atoms with Gasteiger partial charge in [0, 0.05) is 5.56 Å². The number of halogens is 1. The van der Waals surface area contributed by atoms with Crippen LogP contribution in [0.15, 0.2) is 77.7 Å². The molecule has 0 heterocycles. The maximum Gasteiger partial charge on any atom is 0.261 e. The number of sulfonamides is 1. The molecule has 0 saturated carbocycles. The summed E-state index contributed by atoms with van der Waals surface area (Å²) in [5, 5.41) is 3.16. The first kappa shape index (κ1) is 18.9. The van der Waals surface area contributed by atoms with E-state index in [1.807, 2.05) is 0 Å². The Bertz CT molecular complexity index is 1080. The fourth-order valence-electron chi connectivity index (χ4n) is 2.55. The molecule has 0 spiro atoms. The van der Waals surface area contributed by atoms with E-state index >= 15 is 0 Å². The van der Waals surface area contributed by atoms with Crippen molar-refractivity contribution in [2.24, 2.45) is 0 Å². The zero-order chi connectivity index (χ0) is 19.4. The minimum Gasteiger partial charge on any atom is -0.321 e. The molecule has 2 N–H and O–H groups in total. The molecule has 27 heavy (non-hydrogen) atoms. The second-order valence-corrected chi connectivity index (χ2v) is 7.92. The van der Waals surface area contributed by atoms with E-state index in [0.717, 1.165) is 0 Å². The Balaban J connectivity index is 1.88. The highest BCUT2D eigenvalue weighted by molar-refractivity contribution is 7.92. The summed E-state index contributed by atoms with van der Waals surface area (Å²) in [6.45, 7) is 1.68. The lowest BCUT2D eigenvalue weighted by atomic mass is 10.1. The molecule has 0 atom stereocenters. The van der Waals surface area contributed by atoms with Crippen LogP contribution in [-0.2, 0) is 10.0 Å². The molecule has 0 saturated heterocycles. The van der Waals surface area contributed by atoms with Crippen LogP contribution >= 0.6 is 11.6 Å². The Hall–Kier alpha value is -2.83. The van der Waals surface area contributed by atoms with Crippen molar-refractivity contribution >= 4 is 38.9 Å². The van der Waals surface area contributed by atoms with Gasteiger partial charge in [0.25, 0.3) is 15.9 Å². The molecule has 7 heteroatoms. The number of anilines is 2. The van der Waals surface area contributed by atoms with E-state index in [9.17, 15) is 13.2 Å². The number of nitrogens with one attached hydrogen (secondary N) is 2. The highest BCUT2D eigenvalue weighted by Gasteiger charge is 2.18. The van der Waals surface area contributed by atoms with E-state index in [-0.39, 0.29) is 10.8 Å². The van der Waals surface area contributed by atoms with Gasteiger partial charge in [-0.1, -0.05) is 48.0 Å². The number of amides is 1. The third-order valence-corrected chi connectivity index (χ3v) is 5.71. The number of carbonyl (C=O) groups is 1. The predicted molar refractivity (Wildman–Crippen MR) is 108 cm³/mol. The second kappa shape index (κ2) is 7.82. The van der Waals surface area contributed by atoms with Gasteiger partial charge in [-0.15, -0.1) is 0 Å². The third kappa shape index (κ3) is 4.30. The van der Waals surface area contributed by atoms with Crippen LogP contribution in [-0.4, -0.2) is 14.3 Å². The summed E-state index contributed by atoms with van der Waals surface area (Å²) < 4.78 is 27.6. The smallest absolute Gasteiger partial charge is 0.261 e. The summed E-state index contributed by atoms with van der Waals surface area (Å²) in [5.74, 6) is -0.374. The van der Waals surface area contributed by atoms with Crippen LogP contribution in [0.5, 0.6) is 0 Å². The summed E-state index contributed by atoms with van der Waals surface area (Å²) in [4.78, 5) is 12.8. The molecule has 0 aromatic heterocycles. The molecule has 0 aliphatic rings. The first-order chi connectivity index (χ1) is 12.9.